The number of hydrogen-bond acceptors (Lipinski definition) is 3. The van der Waals surface area contributed by atoms with Crippen molar-refractivity contribution in [3.05, 3.63) is 114 Å². The Labute approximate surface area is 214 Å². The van der Waals surface area contributed by atoms with E-state index in [1.54, 1.807) is 0 Å². The topological polar surface area (TPSA) is 42.0 Å². The molecule has 0 saturated carbocycles. The van der Waals surface area contributed by atoms with Crippen LogP contribution in [0.15, 0.2) is 108 Å². The summed E-state index contributed by atoms with van der Waals surface area (Å²) in [7, 11) is 0. The number of rotatable bonds is 6. The zero-order valence-corrected chi connectivity index (χ0v) is 20.7. The molecule has 0 aliphatic heterocycles. The minimum Gasteiger partial charge on any atom is -0.325 e. The van der Waals surface area contributed by atoms with E-state index in [0.717, 1.165) is 43.9 Å². The third-order valence-electron chi connectivity index (χ3n) is 5.71. The molecule has 0 saturated heterocycles. The lowest BCUT2D eigenvalue weighted by Crippen LogP contribution is -2.14. The van der Waals surface area contributed by atoms with Crippen LogP contribution >= 0.6 is 23.4 Å². The number of nitrogens with one attached hydrogen (secondary N) is 1. The summed E-state index contributed by atoms with van der Waals surface area (Å²) in [5.74, 6) is 0.195. The van der Waals surface area contributed by atoms with Crippen LogP contribution in [0.25, 0.3) is 33.3 Å². The Morgan fingerprint density at radius 1 is 0.829 bits per heavy atom. The van der Waals surface area contributed by atoms with E-state index in [0.29, 0.717) is 5.02 Å². The number of halogens is 1. The number of benzene rings is 4. The standard InChI is InChI=1S/C30H23ClN2OS/c1-20-11-13-21(14-12-20)28-25-9-5-6-10-26(25)33-29(22-15-17-23(31)18-16-22)30(28)35-19-27(34)32-24-7-3-2-4-8-24/h2-18H,19H2,1H3,(H,32,34). The van der Waals surface area contributed by atoms with Gasteiger partial charge in [-0.2, -0.15) is 0 Å². The van der Waals surface area contributed by atoms with Crippen LogP contribution in [-0.4, -0.2) is 16.6 Å². The predicted molar refractivity (Wildman–Crippen MR) is 148 cm³/mol. The zero-order chi connectivity index (χ0) is 24.2. The van der Waals surface area contributed by atoms with Gasteiger partial charge in [-0.3, -0.25) is 4.79 Å². The highest BCUT2D eigenvalue weighted by atomic mass is 35.5. The Kier molecular flexibility index (Phi) is 6.84. The number of nitrogens with zero attached hydrogens (tertiary/aromatic N) is 1. The van der Waals surface area contributed by atoms with Crippen molar-refractivity contribution in [1.82, 2.24) is 4.98 Å². The monoisotopic (exact) mass is 494 g/mol. The van der Waals surface area contributed by atoms with Crippen molar-refractivity contribution in [3.63, 3.8) is 0 Å². The van der Waals surface area contributed by atoms with Gasteiger partial charge in [0.05, 0.1) is 17.0 Å². The molecule has 0 spiro atoms. The maximum Gasteiger partial charge on any atom is 0.234 e. The molecule has 0 aliphatic rings. The fraction of sp³-hybridized carbons (Fsp3) is 0.0667. The van der Waals surface area contributed by atoms with Crippen LogP contribution in [0, 0.1) is 6.92 Å². The number of thioether (sulfide) groups is 1. The zero-order valence-electron chi connectivity index (χ0n) is 19.2. The number of pyridine rings is 1. The van der Waals surface area contributed by atoms with Crippen molar-refractivity contribution in [2.24, 2.45) is 0 Å². The molecular formula is C30H23ClN2OS. The van der Waals surface area contributed by atoms with Crippen LogP contribution in [0.1, 0.15) is 5.56 Å². The number of hydrogen-bond donors (Lipinski definition) is 1. The third kappa shape index (κ3) is 5.24. The highest BCUT2D eigenvalue weighted by molar-refractivity contribution is 8.00. The molecule has 0 unspecified atom stereocenters. The van der Waals surface area contributed by atoms with Gasteiger partial charge in [0, 0.05) is 32.1 Å². The highest BCUT2D eigenvalue weighted by Crippen LogP contribution is 2.43. The van der Waals surface area contributed by atoms with Gasteiger partial charge in [-0.15, -0.1) is 11.8 Å². The molecule has 0 radical (unpaired) electrons. The molecule has 1 heterocycles. The summed E-state index contributed by atoms with van der Waals surface area (Å²) in [4.78, 5) is 18.9. The lowest BCUT2D eigenvalue weighted by Gasteiger charge is -2.18. The third-order valence-corrected chi connectivity index (χ3v) is 7.06. The van der Waals surface area contributed by atoms with E-state index in [9.17, 15) is 4.79 Å². The Bertz CT molecular complexity index is 1480. The van der Waals surface area contributed by atoms with Crippen LogP contribution in [0.5, 0.6) is 0 Å². The van der Waals surface area contributed by atoms with E-state index in [2.05, 4.69) is 42.6 Å². The van der Waals surface area contributed by atoms with E-state index in [1.807, 2.05) is 72.8 Å². The minimum atomic E-state index is -0.0636. The molecule has 0 aliphatic carbocycles. The Balaban J connectivity index is 1.64. The van der Waals surface area contributed by atoms with Crippen molar-refractivity contribution in [1.29, 1.82) is 0 Å². The Morgan fingerprint density at radius 2 is 1.49 bits per heavy atom. The van der Waals surface area contributed by atoms with Crippen LogP contribution in [-0.2, 0) is 4.79 Å². The molecule has 0 fully saturated rings. The summed E-state index contributed by atoms with van der Waals surface area (Å²) in [5.41, 5.74) is 6.86. The lowest BCUT2D eigenvalue weighted by atomic mass is 9.97. The average molecular weight is 495 g/mol. The Hall–Kier alpha value is -3.60. The van der Waals surface area contributed by atoms with Crippen LogP contribution < -0.4 is 5.32 Å². The quantitative estimate of drug-likeness (QED) is 0.241. The van der Waals surface area contributed by atoms with Crippen molar-refractivity contribution < 1.29 is 4.79 Å². The Morgan fingerprint density at radius 3 is 2.23 bits per heavy atom. The summed E-state index contributed by atoms with van der Waals surface area (Å²) in [6.45, 7) is 2.08. The molecule has 0 atom stereocenters. The molecule has 5 heteroatoms. The summed E-state index contributed by atoms with van der Waals surface area (Å²) >= 11 is 7.68. The predicted octanol–water partition coefficient (Wildman–Crippen LogP) is 8.26. The fourth-order valence-electron chi connectivity index (χ4n) is 4.00. The smallest absolute Gasteiger partial charge is 0.234 e. The second-order valence-electron chi connectivity index (χ2n) is 8.26. The van der Waals surface area contributed by atoms with Gasteiger partial charge in [-0.25, -0.2) is 4.98 Å². The minimum absolute atomic E-state index is 0.0636. The molecule has 3 nitrogen and oxygen atoms in total. The highest BCUT2D eigenvalue weighted by Gasteiger charge is 2.19. The molecule has 0 bridgehead atoms. The van der Waals surface area contributed by atoms with Crippen LogP contribution in [0.2, 0.25) is 5.02 Å². The lowest BCUT2D eigenvalue weighted by molar-refractivity contribution is -0.113. The molecule has 5 rings (SSSR count). The SMILES string of the molecule is Cc1ccc(-c2c(SCC(=O)Nc3ccccc3)c(-c3ccc(Cl)cc3)nc3ccccc23)cc1. The van der Waals surface area contributed by atoms with Gasteiger partial charge in [0.15, 0.2) is 0 Å². The summed E-state index contributed by atoms with van der Waals surface area (Å²) in [5, 5.41) is 4.71. The number of amides is 1. The van der Waals surface area contributed by atoms with E-state index in [-0.39, 0.29) is 11.7 Å². The molecule has 35 heavy (non-hydrogen) atoms. The van der Waals surface area contributed by atoms with Gasteiger partial charge in [-0.05, 0) is 42.8 Å². The van der Waals surface area contributed by atoms with Gasteiger partial charge in [0.25, 0.3) is 0 Å². The second kappa shape index (κ2) is 10.3. The molecule has 1 amide bonds. The van der Waals surface area contributed by atoms with E-state index in [1.165, 1.54) is 17.3 Å². The van der Waals surface area contributed by atoms with Crippen LogP contribution in [0.4, 0.5) is 5.69 Å². The summed E-state index contributed by atoms with van der Waals surface area (Å²) in [6, 6.07) is 33.9. The number of carbonyl (C=O) groups excluding carboxylic acids is 1. The number of fused-ring (bicyclic) bond motifs is 1. The molecule has 5 aromatic rings. The second-order valence-corrected chi connectivity index (χ2v) is 9.68. The van der Waals surface area contributed by atoms with Gasteiger partial charge in [0.2, 0.25) is 5.91 Å². The van der Waals surface area contributed by atoms with E-state index < -0.39 is 0 Å². The van der Waals surface area contributed by atoms with Gasteiger partial charge < -0.3 is 5.32 Å². The summed E-state index contributed by atoms with van der Waals surface area (Å²) < 4.78 is 0. The number of para-hydroxylation sites is 2. The first kappa shape index (κ1) is 23.2. The summed E-state index contributed by atoms with van der Waals surface area (Å²) in [6.07, 6.45) is 0. The van der Waals surface area contributed by atoms with Crippen molar-refractivity contribution in [2.45, 2.75) is 11.8 Å². The number of anilines is 1. The van der Waals surface area contributed by atoms with Gasteiger partial charge in [0.1, 0.15) is 0 Å². The average Bonchev–Trinajstić information content (AvgIpc) is 2.88. The van der Waals surface area contributed by atoms with E-state index in [4.69, 9.17) is 16.6 Å². The largest absolute Gasteiger partial charge is 0.325 e. The normalized spacial score (nSPS) is 10.9. The molecular weight excluding hydrogens is 472 g/mol. The first-order valence-corrected chi connectivity index (χ1v) is 12.7. The van der Waals surface area contributed by atoms with Gasteiger partial charge in [-0.1, -0.05) is 90.0 Å². The fourth-order valence-corrected chi connectivity index (χ4v) is 5.15. The van der Waals surface area contributed by atoms with Crippen molar-refractivity contribution >= 4 is 45.9 Å². The first-order chi connectivity index (χ1) is 17.1. The maximum atomic E-state index is 12.9. The van der Waals surface area contributed by atoms with Crippen molar-refractivity contribution in [2.75, 3.05) is 11.1 Å². The van der Waals surface area contributed by atoms with Crippen LogP contribution in [0.3, 0.4) is 0 Å². The molecule has 172 valence electrons. The molecule has 1 aromatic heterocycles. The number of carbonyl (C=O) groups is 1. The first-order valence-electron chi connectivity index (χ1n) is 11.3. The number of aromatic nitrogens is 1. The molecule has 4 aromatic carbocycles. The van der Waals surface area contributed by atoms with Crippen molar-refractivity contribution in [3.8, 4) is 22.4 Å². The maximum absolute atomic E-state index is 12.9. The van der Waals surface area contributed by atoms with Gasteiger partial charge >= 0.3 is 0 Å². The molecule has 1 N–H and O–H groups in total. The van der Waals surface area contributed by atoms with E-state index >= 15 is 0 Å². The number of aryl methyl sites for hydroxylation is 1.